The molecule has 6 heteroatoms. The number of carbonyl (C=O) groups is 1. The normalized spacial score (nSPS) is 10.0. The molecule has 6 nitrogen and oxygen atoms in total. The predicted octanol–water partition coefficient (Wildman–Crippen LogP) is 0.932. The Labute approximate surface area is 108 Å². The standard InChI is InChI=1S/C12H20N4O2/c1-5-16(9-7-11(17)18-4)10-6-8-13-12(14-10)15(2)3/h6,8H,5,7,9H2,1-4H3. The van der Waals surface area contributed by atoms with Crippen LogP contribution in [-0.4, -0.2) is 50.2 Å². The lowest BCUT2D eigenvalue weighted by atomic mass is 10.3. The first-order valence-electron chi connectivity index (χ1n) is 5.90. The average molecular weight is 252 g/mol. The second-order valence-corrected chi connectivity index (χ2v) is 4.02. The van der Waals surface area contributed by atoms with Gasteiger partial charge in [-0.25, -0.2) is 4.98 Å². The molecule has 0 fully saturated rings. The highest BCUT2D eigenvalue weighted by atomic mass is 16.5. The molecule has 0 N–H and O–H groups in total. The molecular formula is C12H20N4O2. The second kappa shape index (κ2) is 6.78. The zero-order chi connectivity index (χ0) is 13.5. The number of rotatable bonds is 6. The molecule has 0 aliphatic heterocycles. The molecule has 1 rings (SSSR count). The summed E-state index contributed by atoms with van der Waals surface area (Å²) in [5.74, 6) is 1.26. The van der Waals surface area contributed by atoms with Gasteiger partial charge in [0.1, 0.15) is 5.82 Å². The van der Waals surface area contributed by atoms with Crippen LogP contribution >= 0.6 is 0 Å². The van der Waals surface area contributed by atoms with E-state index in [4.69, 9.17) is 0 Å². The van der Waals surface area contributed by atoms with Crippen LogP contribution in [0.1, 0.15) is 13.3 Å². The topological polar surface area (TPSA) is 58.6 Å². The Morgan fingerprint density at radius 1 is 1.44 bits per heavy atom. The van der Waals surface area contributed by atoms with E-state index in [0.29, 0.717) is 18.9 Å². The van der Waals surface area contributed by atoms with Crippen molar-refractivity contribution < 1.29 is 9.53 Å². The largest absolute Gasteiger partial charge is 0.469 e. The summed E-state index contributed by atoms with van der Waals surface area (Å²) in [6.45, 7) is 3.39. The van der Waals surface area contributed by atoms with E-state index in [1.54, 1.807) is 6.20 Å². The minimum atomic E-state index is -0.213. The summed E-state index contributed by atoms with van der Waals surface area (Å²) in [5, 5.41) is 0. The third-order valence-corrected chi connectivity index (χ3v) is 2.55. The minimum absolute atomic E-state index is 0.213. The Morgan fingerprint density at radius 2 is 2.17 bits per heavy atom. The summed E-state index contributed by atoms with van der Waals surface area (Å²) in [6, 6.07) is 1.84. The Hall–Kier alpha value is -1.85. The van der Waals surface area contributed by atoms with E-state index in [-0.39, 0.29) is 5.97 Å². The monoisotopic (exact) mass is 252 g/mol. The van der Waals surface area contributed by atoms with Gasteiger partial charge in [0.15, 0.2) is 0 Å². The molecule has 0 radical (unpaired) electrons. The molecule has 0 aromatic carbocycles. The summed E-state index contributed by atoms with van der Waals surface area (Å²) < 4.78 is 4.64. The number of esters is 1. The predicted molar refractivity (Wildman–Crippen MR) is 70.9 cm³/mol. The lowest BCUT2D eigenvalue weighted by molar-refractivity contribution is -0.140. The van der Waals surface area contributed by atoms with Crippen molar-refractivity contribution in [2.45, 2.75) is 13.3 Å². The third kappa shape index (κ3) is 3.87. The van der Waals surface area contributed by atoms with Gasteiger partial charge in [0.2, 0.25) is 5.95 Å². The lowest BCUT2D eigenvalue weighted by Gasteiger charge is -2.22. The van der Waals surface area contributed by atoms with Crippen molar-refractivity contribution in [1.29, 1.82) is 0 Å². The van der Waals surface area contributed by atoms with Gasteiger partial charge in [0, 0.05) is 33.4 Å². The van der Waals surface area contributed by atoms with Gasteiger partial charge in [-0.15, -0.1) is 0 Å². The Balaban J connectivity index is 2.75. The minimum Gasteiger partial charge on any atom is -0.469 e. The summed E-state index contributed by atoms with van der Waals surface area (Å²) in [6.07, 6.45) is 2.07. The van der Waals surface area contributed by atoms with Crippen molar-refractivity contribution in [3.63, 3.8) is 0 Å². The fraction of sp³-hybridized carbons (Fsp3) is 0.583. The van der Waals surface area contributed by atoms with Gasteiger partial charge in [-0.2, -0.15) is 4.98 Å². The molecule has 1 aromatic rings. The molecule has 0 aliphatic carbocycles. The van der Waals surface area contributed by atoms with Gasteiger partial charge in [-0.3, -0.25) is 4.79 Å². The SMILES string of the molecule is CCN(CCC(=O)OC)c1ccnc(N(C)C)n1. The van der Waals surface area contributed by atoms with Crippen LogP contribution in [0.4, 0.5) is 11.8 Å². The second-order valence-electron chi connectivity index (χ2n) is 4.02. The van der Waals surface area contributed by atoms with Gasteiger partial charge >= 0.3 is 5.97 Å². The van der Waals surface area contributed by atoms with Crippen LogP contribution in [0.2, 0.25) is 0 Å². The maximum absolute atomic E-state index is 11.1. The molecule has 0 spiro atoms. The van der Waals surface area contributed by atoms with Crippen LogP contribution in [0.25, 0.3) is 0 Å². The Kier molecular flexibility index (Phi) is 5.35. The van der Waals surface area contributed by atoms with Crippen molar-refractivity contribution >= 4 is 17.7 Å². The fourth-order valence-electron chi connectivity index (χ4n) is 1.49. The smallest absolute Gasteiger partial charge is 0.307 e. The zero-order valence-electron chi connectivity index (χ0n) is 11.4. The Morgan fingerprint density at radius 3 is 2.72 bits per heavy atom. The number of hydrogen-bond acceptors (Lipinski definition) is 6. The van der Waals surface area contributed by atoms with Crippen molar-refractivity contribution in [1.82, 2.24) is 9.97 Å². The van der Waals surface area contributed by atoms with E-state index < -0.39 is 0 Å². The van der Waals surface area contributed by atoms with E-state index in [0.717, 1.165) is 12.4 Å². The highest BCUT2D eigenvalue weighted by Gasteiger charge is 2.10. The molecule has 1 heterocycles. The molecule has 0 unspecified atom stereocenters. The van der Waals surface area contributed by atoms with Crippen LogP contribution in [-0.2, 0) is 9.53 Å². The maximum atomic E-state index is 11.1. The maximum Gasteiger partial charge on any atom is 0.307 e. The fourth-order valence-corrected chi connectivity index (χ4v) is 1.49. The van der Waals surface area contributed by atoms with Gasteiger partial charge < -0.3 is 14.5 Å². The van der Waals surface area contributed by atoms with Crippen LogP contribution in [0.3, 0.4) is 0 Å². The Bertz CT molecular complexity index is 395. The summed E-state index contributed by atoms with van der Waals surface area (Å²) in [4.78, 5) is 23.6. The quantitative estimate of drug-likeness (QED) is 0.702. The molecule has 0 saturated carbocycles. The number of aromatic nitrogens is 2. The molecule has 0 amide bonds. The van der Waals surface area contributed by atoms with E-state index >= 15 is 0 Å². The molecule has 18 heavy (non-hydrogen) atoms. The molecule has 0 saturated heterocycles. The highest BCUT2D eigenvalue weighted by Crippen LogP contribution is 2.13. The summed E-state index contributed by atoms with van der Waals surface area (Å²) in [5.41, 5.74) is 0. The number of anilines is 2. The van der Waals surface area contributed by atoms with Gasteiger partial charge in [-0.05, 0) is 13.0 Å². The van der Waals surface area contributed by atoms with E-state index in [9.17, 15) is 4.79 Å². The first-order valence-corrected chi connectivity index (χ1v) is 5.90. The van der Waals surface area contributed by atoms with Crippen LogP contribution in [0.15, 0.2) is 12.3 Å². The van der Waals surface area contributed by atoms with E-state index in [2.05, 4.69) is 14.7 Å². The first-order chi connectivity index (χ1) is 8.58. The molecule has 0 atom stereocenters. The lowest BCUT2D eigenvalue weighted by Crippen LogP contribution is -2.27. The van der Waals surface area contributed by atoms with Crippen LogP contribution in [0, 0.1) is 0 Å². The molecule has 0 aliphatic rings. The molecule has 100 valence electrons. The van der Waals surface area contributed by atoms with Crippen LogP contribution in [0.5, 0.6) is 0 Å². The molecular weight excluding hydrogens is 232 g/mol. The van der Waals surface area contributed by atoms with Gasteiger partial charge in [-0.1, -0.05) is 0 Å². The molecule has 1 aromatic heterocycles. The molecule has 0 bridgehead atoms. The van der Waals surface area contributed by atoms with Crippen molar-refractivity contribution in [3.05, 3.63) is 12.3 Å². The average Bonchev–Trinajstić information content (AvgIpc) is 2.39. The van der Waals surface area contributed by atoms with Crippen molar-refractivity contribution in [3.8, 4) is 0 Å². The summed E-state index contributed by atoms with van der Waals surface area (Å²) in [7, 11) is 5.18. The van der Waals surface area contributed by atoms with Crippen LogP contribution < -0.4 is 9.80 Å². The highest BCUT2D eigenvalue weighted by molar-refractivity contribution is 5.69. The number of nitrogens with zero attached hydrogens (tertiary/aromatic N) is 4. The number of ether oxygens (including phenoxy) is 1. The van der Waals surface area contributed by atoms with E-state index in [1.165, 1.54) is 7.11 Å². The van der Waals surface area contributed by atoms with Crippen molar-refractivity contribution in [2.75, 3.05) is 44.1 Å². The zero-order valence-corrected chi connectivity index (χ0v) is 11.4. The van der Waals surface area contributed by atoms with Gasteiger partial charge in [0.05, 0.1) is 13.5 Å². The number of hydrogen-bond donors (Lipinski definition) is 0. The number of carbonyl (C=O) groups excluding carboxylic acids is 1. The van der Waals surface area contributed by atoms with Crippen molar-refractivity contribution in [2.24, 2.45) is 0 Å². The van der Waals surface area contributed by atoms with E-state index in [1.807, 2.05) is 36.9 Å². The summed E-state index contributed by atoms with van der Waals surface area (Å²) >= 11 is 0. The van der Waals surface area contributed by atoms with Gasteiger partial charge in [0.25, 0.3) is 0 Å². The number of methoxy groups -OCH3 is 1. The third-order valence-electron chi connectivity index (χ3n) is 2.55. The first kappa shape index (κ1) is 14.2.